The van der Waals surface area contributed by atoms with Crippen LogP contribution in [0.25, 0.3) is 0 Å². The number of hydrogen-bond donors (Lipinski definition) is 0. The van der Waals surface area contributed by atoms with Gasteiger partial charge in [-0.1, -0.05) is 12.1 Å². The standard InChI is InChI=1S/C26H32BNO5S/c1-16(29)31-15-19-20(27-32-25(2,3)26(4,5)33-27)10-8-11-21(19)28-14-13-18-17-9-6-7-12-22(17)34-23(18)24(28)30/h8,10-11H,6-7,9,12-15H2,1-5H3. The van der Waals surface area contributed by atoms with E-state index in [4.69, 9.17) is 14.0 Å². The second-order valence-corrected chi connectivity index (χ2v) is 11.5. The minimum absolute atomic E-state index is 0.0378. The van der Waals surface area contributed by atoms with Crippen molar-refractivity contribution in [1.29, 1.82) is 0 Å². The molecular formula is C26H32BNO5S. The summed E-state index contributed by atoms with van der Waals surface area (Å²) in [7, 11) is -0.611. The Balaban J connectivity index is 1.54. The van der Waals surface area contributed by atoms with Gasteiger partial charge in [-0.3, -0.25) is 9.59 Å². The van der Waals surface area contributed by atoms with Gasteiger partial charge in [0.15, 0.2) is 0 Å². The Morgan fingerprint density at radius 2 is 1.79 bits per heavy atom. The van der Waals surface area contributed by atoms with Gasteiger partial charge in [0.05, 0.1) is 21.8 Å². The first kappa shape index (κ1) is 23.6. The summed E-state index contributed by atoms with van der Waals surface area (Å²) in [4.78, 5) is 29.6. The van der Waals surface area contributed by atoms with E-state index < -0.39 is 18.3 Å². The summed E-state index contributed by atoms with van der Waals surface area (Å²) >= 11 is 1.67. The minimum atomic E-state index is -0.611. The van der Waals surface area contributed by atoms with Crippen molar-refractivity contribution in [2.75, 3.05) is 11.4 Å². The van der Waals surface area contributed by atoms with Gasteiger partial charge in [-0.15, -0.1) is 11.3 Å². The second kappa shape index (κ2) is 8.50. The molecule has 1 fully saturated rings. The number of thiophene rings is 1. The third-order valence-electron chi connectivity index (χ3n) is 7.71. The molecule has 180 valence electrons. The number of aryl methyl sites for hydroxylation is 1. The highest BCUT2D eigenvalue weighted by molar-refractivity contribution is 7.14. The Hall–Kier alpha value is -2.16. The van der Waals surface area contributed by atoms with Crippen molar-refractivity contribution in [2.45, 2.75) is 84.5 Å². The largest absolute Gasteiger partial charge is 0.495 e. The van der Waals surface area contributed by atoms with E-state index in [-0.39, 0.29) is 18.5 Å². The number of esters is 1. The van der Waals surface area contributed by atoms with Crippen LogP contribution in [0.5, 0.6) is 0 Å². The maximum absolute atomic E-state index is 13.7. The molecule has 34 heavy (non-hydrogen) atoms. The van der Waals surface area contributed by atoms with Gasteiger partial charge in [-0.05, 0) is 82.5 Å². The van der Waals surface area contributed by atoms with E-state index >= 15 is 0 Å². The molecule has 0 bridgehead atoms. The first-order valence-corrected chi connectivity index (χ1v) is 13.0. The lowest BCUT2D eigenvalue weighted by Crippen LogP contribution is -2.42. The highest BCUT2D eigenvalue weighted by atomic mass is 32.1. The molecule has 0 radical (unpaired) electrons. The van der Waals surface area contributed by atoms with Crippen LogP contribution in [0.15, 0.2) is 18.2 Å². The topological polar surface area (TPSA) is 65.1 Å². The fraction of sp³-hybridized carbons (Fsp3) is 0.538. The van der Waals surface area contributed by atoms with E-state index in [1.54, 1.807) is 11.3 Å². The predicted octanol–water partition coefficient (Wildman–Crippen LogP) is 4.19. The third kappa shape index (κ3) is 3.90. The zero-order chi connectivity index (χ0) is 24.3. The van der Waals surface area contributed by atoms with Crippen LogP contribution in [0, 0.1) is 0 Å². The molecule has 0 unspecified atom stereocenters. The minimum Gasteiger partial charge on any atom is -0.461 e. The predicted molar refractivity (Wildman–Crippen MR) is 134 cm³/mol. The molecule has 5 rings (SSSR count). The summed E-state index contributed by atoms with van der Waals surface area (Å²) in [5, 5.41) is 0. The molecule has 0 N–H and O–H groups in total. The van der Waals surface area contributed by atoms with Crippen LogP contribution in [0.1, 0.15) is 78.7 Å². The molecule has 0 atom stereocenters. The number of hydrogen-bond acceptors (Lipinski definition) is 6. The Labute approximate surface area is 205 Å². The Morgan fingerprint density at radius 3 is 2.50 bits per heavy atom. The zero-order valence-electron chi connectivity index (χ0n) is 20.7. The Bertz CT molecular complexity index is 1140. The number of amides is 1. The number of anilines is 1. The number of carbonyl (C=O) groups excluding carboxylic acids is 2. The van der Waals surface area contributed by atoms with E-state index in [1.165, 1.54) is 35.8 Å². The molecule has 2 aliphatic heterocycles. The number of benzene rings is 1. The molecule has 1 amide bonds. The third-order valence-corrected chi connectivity index (χ3v) is 9.03. The Kier molecular flexibility index (Phi) is 5.90. The van der Waals surface area contributed by atoms with Crippen molar-refractivity contribution >= 4 is 41.5 Å². The van der Waals surface area contributed by atoms with Crippen molar-refractivity contribution < 1.29 is 23.6 Å². The lowest BCUT2D eigenvalue weighted by Gasteiger charge is -2.32. The van der Waals surface area contributed by atoms with Crippen LogP contribution >= 0.6 is 11.3 Å². The van der Waals surface area contributed by atoms with Crippen molar-refractivity contribution in [1.82, 2.24) is 0 Å². The first-order chi connectivity index (χ1) is 16.1. The molecule has 6 nitrogen and oxygen atoms in total. The van der Waals surface area contributed by atoms with Crippen molar-refractivity contribution in [3.05, 3.63) is 44.6 Å². The molecule has 0 saturated carbocycles. The zero-order valence-corrected chi connectivity index (χ0v) is 21.5. The summed E-state index contributed by atoms with van der Waals surface area (Å²) in [6.45, 7) is 10.1. The molecule has 1 aliphatic carbocycles. The van der Waals surface area contributed by atoms with Gasteiger partial charge in [0, 0.05) is 23.9 Å². The van der Waals surface area contributed by atoms with Gasteiger partial charge in [-0.2, -0.15) is 0 Å². The lowest BCUT2D eigenvalue weighted by atomic mass is 9.75. The fourth-order valence-electron chi connectivity index (χ4n) is 5.11. The van der Waals surface area contributed by atoms with Crippen molar-refractivity contribution in [2.24, 2.45) is 0 Å². The summed E-state index contributed by atoms with van der Waals surface area (Å²) in [5.74, 6) is -0.330. The van der Waals surface area contributed by atoms with Gasteiger partial charge < -0.3 is 18.9 Å². The van der Waals surface area contributed by atoms with Crippen LogP contribution in [0.3, 0.4) is 0 Å². The van der Waals surface area contributed by atoms with E-state index in [2.05, 4.69) is 0 Å². The smallest absolute Gasteiger partial charge is 0.461 e. The molecule has 1 aromatic carbocycles. The van der Waals surface area contributed by atoms with Gasteiger partial charge in [-0.25, -0.2) is 0 Å². The number of nitrogens with zero attached hydrogens (tertiary/aromatic N) is 1. The summed E-state index contributed by atoms with van der Waals surface area (Å²) in [6.07, 6.45) is 5.42. The summed E-state index contributed by atoms with van der Waals surface area (Å²) < 4.78 is 18.1. The molecule has 3 heterocycles. The summed E-state index contributed by atoms with van der Waals surface area (Å²) in [6, 6.07) is 5.80. The van der Waals surface area contributed by atoms with Crippen LogP contribution in [-0.4, -0.2) is 36.7 Å². The molecule has 1 aromatic heterocycles. The van der Waals surface area contributed by atoms with Gasteiger partial charge >= 0.3 is 13.1 Å². The number of carbonyl (C=O) groups is 2. The number of rotatable bonds is 4. The molecule has 0 spiro atoms. The average Bonchev–Trinajstić information content (AvgIpc) is 3.26. The highest BCUT2D eigenvalue weighted by Crippen LogP contribution is 2.40. The number of ether oxygens (including phenoxy) is 1. The van der Waals surface area contributed by atoms with Crippen LogP contribution in [-0.2, 0) is 44.7 Å². The molecular weight excluding hydrogens is 449 g/mol. The van der Waals surface area contributed by atoms with Crippen molar-refractivity contribution in [3.8, 4) is 0 Å². The Morgan fingerprint density at radius 1 is 1.09 bits per heavy atom. The first-order valence-electron chi connectivity index (χ1n) is 12.1. The number of fused-ring (bicyclic) bond motifs is 3. The normalized spacial score (nSPS) is 20.8. The highest BCUT2D eigenvalue weighted by Gasteiger charge is 2.52. The molecule has 2 aromatic rings. The fourth-order valence-corrected chi connectivity index (χ4v) is 6.50. The molecule has 8 heteroatoms. The SMILES string of the molecule is CC(=O)OCc1c(B2OC(C)(C)C(C)(C)O2)cccc1N1CCc2c(sc3c2CCCC3)C1=O. The summed E-state index contributed by atoms with van der Waals surface area (Å²) in [5.41, 5.74) is 3.98. The van der Waals surface area contributed by atoms with E-state index in [0.717, 1.165) is 40.9 Å². The van der Waals surface area contributed by atoms with Gasteiger partial charge in [0.25, 0.3) is 5.91 Å². The van der Waals surface area contributed by atoms with Crippen LogP contribution in [0.4, 0.5) is 5.69 Å². The quantitative estimate of drug-likeness (QED) is 0.484. The molecule has 1 saturated heterocycles. The lowest BCUT2D eigenvalue weighted by molar-refractivity contribution is -0.142. The van der Waals surface area contributed by atoms with Crippen LogP contribution < -0.4 is 10.4 Å². The van der Waals surface area contributed by atoms with Crippen molar-refractivity contribution in [3.63, 3.8) is 0 Å². The monoisotopic (exact) mass is 481 g/mol. The molecule has 3 aliphatic rings. The maximum Gasteiger partial charge on any atom is 0.495 e. The average molecular weight is 481 g/mol. The maximum atomic E-state index is 13.7. The van der Waals surface area contributed by atoms with Gasteiger partial charge in [0.1, 0.15) is 6.61 Å². The van der Waals surface area contributed by atoms with E-state index in [0.29, 0.717) is 6.54 Å². The van der Waals surface area contributed by atoms with E-state index in [9.17, 15) is 9.59 Å². The van der Waals surface area contributed by atoms with Gasteiger partial charge in [0.2, 0.25) is 0 Å². The second-order valence-electron chi connectivity index (χ2n) is 10.4. The van der Waals surface area contributed by atoms with Crippen LogP contribution in [0.2, 0.25) is 0 Å². The van der Waals surface area contributed by atoms with E-state index in [1.807, 2.05) is 50.8 Å².